The predicted molar refractivity (Wildman–Crippen MR) is 39.7 cm³/mol. The molecule has 0 aromatic heterocycles. The van der Waals surface area contributed by atoms with Crippen LogP contribution in [0.25, 0.3) is 0 Å². The summed E-state index contributed by atoms with van der Waals surface area (Å²) in [7, 11) is -4.85. The second-order valence-corrected chi connectivity index (χ2v) is 3.80. The van der Waals surface area contributed by atoms with Crippen molar-refractivity contribution in [1.82, 2.24) is 0 Å². The summed E-state index contributed by atoms with van der Waals surface area (Å²) in [4.78, 5) is 0. The summed E-state index contributed by atoms with van der Waals surface area (Å²) in [6, 6.07) is -0.355. The van der Waals surface area contributed by atoms with Crippen LogP contribution in [0.15, 0.2) is 4.36 Å². The summed E-state index contributed by atoms with van der Waals surface area (Å²) in [6.45, 7) is 0. The molecule has 0 aromatic carbocycles. The van der Waals surface area contributed by atoms with E-state index in [4.69, 9.17) is 0 Å². The average molecular weight is 183 g/mol. The van der Waals surface area contributed by atoms with Gasteiger partial charge in [0.05, 0.1) is 6.04 Å². The second-order valence-electron chi connectivity index (χ2n) is 2.79. The van der Waals surface area contributed by atoms with Gasteiger partial charge in [0, 0.05) is 0 Å². The van der Waals surface area contributed by atoms with Gasteiger partial charge in [-0.15, -0.1) is 0 Å². The molecule has 0 amide bonds. The van der Waals surface area contributed by atoms with E-state index in [9.17, 15) is 12.0 Å². The van der Waals surface area contributed by atoms with Crippen LogP contribution in [0.5, 0.6) is 0 Å². The van der Waals surface area contributed by atoms with E-state index in [2.05, 4.69) is 4.36 Å². The molecular formula is C6H11F2NOS. The Kier molecular flexibility index (Phi) is 2.81. The van der Waals surface area contributed by atoms with Crippen LogP contribution in [-0.4, -0.2) is 10.3 Å². The van der Waals surface area contributed by atoms with Crippen molar-refractivity contribution in [2.24, 2.45) is 4.36 Å². The highest BCUT2D eigenvalue weighted by molar-refractivity contribution is 7.83. The number of nitrogens with zero attached hydrogens (tertiary/aromatic N) is 1. The zero-order valence-electron chi connectivity index (χ0n) is 6.13. The van der Waals surface area contributed by atoms with Crippen LogP contribution in [0, 0.1) is 0 Å². The van der Waals surface area contributed by atoms with E-state index in [1.165, 1.54) is 0 Å². The van der Waals surface area contributed by atoms with Gasteiger partial charge in [0.1, 0.15) is 0 Å². The van der Waals surface area contributed by atoms with Crippen LogP contribution in [-0.2, 0) is 10.5 Å². The maximum atomic E-state index is 11.9. The molecular weight excluding hydrogens is 172 g/mol. The highest BCUT2D eigenvalue weighted by Gasteiger charge is 2.15. The molecule has 0 aliphatic heterocycles. The minimum absolute atomic E-state index is 0.355. The quantitative estimate of drug-likeness (QED) is 0.574. The van der Waals surface area contributed by atoms with Crippen molar-refractivity contribution in [2.75, 3.05) is 0 Å². The first kappa shape index (κ1) is 8.90. The molecule has 0 bridgehead atoms. The first-order valence-electron chi connectivity index (χ1n) is 3.73. The number of rotatable bonds is 1. The third-order valence-electron chi connectivity index (χ3n) is 1.85. The molecule has 0 aromatic rings. The van der Waals surface area contributed by atoms with Crippen molar-refractivity contribution in [2.45, 2.75) is 38.1 Å². The third-order valence-corrected chi connectivity index (χ3v) is 2.39. The van der Waals surface area contributed by atoms with E-state index in [0.717, 1.165) is 19.3 Å². The van der Waals surface area contributed by atoms with Crippen LogP contribution in [0.4, 0.5) is 7.77 Å². The van der Waals surface area contributed by atoms with E-state index < -0.39 is 10.5 Å². The zero-order valence-corrected chi connectivity index (χ0v) is 6.95. The third kappa shape index (κ3) is 3.65. The Morgan fingerprint density at radius 2 is 1.73 bits per heavy atom. The molecule has 0 saturated heterocycles. The minimum atomic E-state index is -4.85. The lowest BCUT2D eigenvalue weighted by Crippen LogP contribution is -2.10. The molecule has 0 unspecified atom stereocenters. The highest BCUT2D eigenvalue weighted by atomic mass is 32.3. The largest absolute Gasteiger partial charge is 0.367 e. The molecule has 1 saturated carbocycles. The highest BCUT2D eigenvalue weighted by Crippen LogP contribution is 2.22. The lowest BCUT2D eigenvalue weighted by Gasteiger charge is -2.15. The molecule has 1 aliphatic rings. The molecule has 0 heterocycles. The van der Waals surface area contributed by atoms with E-state index in [0.29, 0.717) is 12.8 Å². The lowest BCUT2D eigenvalue weighted by molar-refractivity contribution is 0.439. The van der Waals surface area contributed by atoms with Gasteiger partial charge in [0.25, 0.3) is 0 Å². The van der Waals surface area contributed by atoms with Gasteiger partial charge in [-0.25, -0.2) is 0 Å². The van der Waals surface area contributed by atoms with E-state index in [1.54, 1.807) is 0 Å². The van der Waals surface area contributed by atoms with Crippen LogP contribution in [0.1, 0.15) is 32.1 Å². The SMILES string of the molecule is O=S(F)(F)=NC1CCCCC1. The van der Waals surface area contributed by atoms with Crippen LogP contribution in [0.2, 0.25) is 0 Å². The van der Waals surface area contributed by atoms with Crippen molar-refractivity contribution in [3.05, 3.63) is 0 Å². The fourth-order valence-corrected chi connectivity index (χ4v) is 1.92. The summed E-state index contributed by atoms with van der Waals surface area (Å²) in [6.07, 6.45) is 4.30. The maximum Gasteiger partial charge on any atom is 0.367 e. The Labute approximate surface area is 65.8 Å². The molecule has 11 heavy (non-hydrogen) atoms. The topological polar surface area (TPSA) is 29.4 Å². The van der Waals surface area contributed by atoms with E-state index in [1.807, 2.05) is 0 Å². The summed E-state index contributed by atoms with van der Waals surface area (Å²) >= 11 is 0. The van der Waals surface area contributed by atoms with Crippen LogP contribution >= 0.6 is 0 Å². The Hall–Kier alpha value is -0.190. The van der Waals surface area contributed by atoms with Gasteiger partial charge < -0.3 is 0 Å². The molecule has 1 aliphatic carbocycles. The second kappa shape index (κ2) is 3.47. The van der Waals surface area contributed by atoms with Crippen molar-refractivity contribution >= 4 is 10.5 Å². The number of hydrogen-bond donors (Lipinski definition) is 0. The van der Waals surface area contributed by atoms with E-state index >= 15 is 0 Å². The Bertz CT molecular complexity index is 221. The zero-order chi connectivity index (χ0) is 8.32. The summed E-state index contributed by atoms with van der Waals surface area (Å²) in [5.41, 5.74) is 0. The van der Waals surface area contributed by atoms with Crippen molar-refractivity contribution < 1.29 is 12.0 Å². The van der Waals surface area contributed by atoms with Crippen molar-refractivity contribution in [1.29, 1.82) is 0 Å². The molecule has 5 heteroatoms. The summed E-state index contributed by atoms with van der Waals surface area (Å²) < 4.78 is 36.7. The molecule has 0 radical (unpaired) electrons. The lowest BCUT2D eigenvalue weighted by atomic mass is 9.97. The van der Waals surface area contributed by atoms with Gasteiger partial charge in [-0.3, -0.25) is 0 Å². The molecule has 0 atom stereocenters. The Morgan fingerprint density at radius 1 is 1.18 bits per heavy atom. The first-order chi connectivity index (χ1) is 5.08. The predicted octanol–water partition coefficient (Wildman–Crippen LogP) is 2.56. The smallest absolute Gasteiger partial charge is 0.180 e. The van der Waals surface area contributed by atoms with Gasteiger partial charge in [0.2, 0.25) is 0 Å². The van der Waals surface area contributed by atoms with Crippen molar-refractivity contribution in [3.8, 4) is 0 Å². The Balaban J connectivity index is 2.55. The van der Waals surface area contributed by atoms with Crippen molar-refractivity contribution in [3.63, 3.8) is 0 Å². The standard InChI is InChI=1S/C6H11F2NOS/c7-11(8,10)9-6-4-2-1-3-5-6/h6H,1-5H2. The number of hydrogen-bond acceptors (Lipinski definition) is 2. The Morgan fingerprint density at radius 3 is 2.18 bits per heavy atom. The molecule has 1 fully saturated rings. The van der Waals surface area contributed by atoms with Gasteiger partial charge in [-0.05, 0) is 12.8 Å². The maximum absolute atomic E-state index is 11.9. The van der Waals surface area contributed by atoms with Gasteiger partial charge in [0.15, 0.2) is 0 Å². The average Bonchev–Trinajstić information content (AvgIpc) is 1.85. The first-order valence-corrected chi connectivity index (χ1v) is 5.05. The van der Waals surface area contributed by atoms with Crippen LogP contribution in [0.3, 0.4) is 0 Å². The fraction of sp³-hybridized carbons (Fsp3) is 1.00. The van der Waals surface area contributed by atoms with E-state index in [-0.39, 0.29) is 6.04 Å². The van der Waals surface area contributed by atoms with Crippen LogP contribution < -0.4 is 0 Å². The van der Waals surface area contributed by atoms with Gasteiger partial charge in [-0.2, -0.15) is 8.57 Å². The summed E-state index contributed by atoms with van der Waals surface area (Å²) in [5.74, 6) is 0. The van der Waals surface area contributed by atoms with Gasteiger partial charge in [-0.1, -0.05) is 27.0 Å². The summed E-state index contributed by atoms with van der Waals surface area (Å²) in [5, 5.41) is 0. The van der Waals surface area contributed by atoms with Gasteiger partial charge >= 0.3 is 10.5 Å². The monoisotopic (exact) mass is 183 g/mol. The molecule has 1 rings (SSSR count). The molecule has 0 spiro atoms. The number of halogens is 2. The molecule has 0 N–H and O–H groups in total. The molecule has 2 nitrogen and oxygen atoms in total. The fourth-order valence-electron chi connectivity index (χ4n) is 1.36. The molecule has 66 valence electrons. The minimum Gasteiger partial charge on any atom is -0.180 e. The normalized spacial score (nSPS) is 21.6.